The van der Waals surface area contributed by atoms with E-state index in [-0.39, 0.29) is 37.4 Å². The molecule has 0 aliphatic heterocycles. The van der Waals surface area contributed by atoms with Gasteiger partial charge in [0, 0.05) is 25.6 Å². The van der Waals surface area contributed by atoms with E-state index >= 15 is 0 Å². The molecule has 198 valence electrons. The van der Waals surface area contributed by atoms with Crippen LogP contribution in [0.15, 0.2) is 42.5 Å². The molecule has 2 rings (SSSR count). The molecular weight excluding hydrogens is 521 g/mol. The van der Waals surface area contributed by atoms with E-state index in [9.17, 15) is 18.0 Å². The Labute approximate surface area is 224 Å². The summed E-state index contributed by atoms with van der Waals surface area (Å²) in [6, 6.07) is 11.5. The molecule has 0 spiro atoms. The fraction of sp³-hybridized carbons (Fsp3) is 0.462. The van der Waals surface area contributed by atoms with E-state index in [1.165, 1.54) is 9.21 Å². The summed E-state index contributed by atoms with van der Waals surface area (Å²) in [6.07, 6.45) is 1.93. The van der Waals surface area contributed by atoms with E-state index in [0.29, 0.717) is 28.6 Å². The zero-order valence-corrected chi connectivity index (χ0v) is 23.8. The topological polar surface area (TPSA) is 86.8 Å². The molecule has 2 aromatic rings. The van der Waals surface area contributed by atoms with Crippen molar-refractivity contribution in [1.29, 1.82) is 0 Å². The molecule has 0 unspecified atom stereocenters. The Kier molecular flexibility index (Phi) is 11.1. The maximum atomic E-state index is 13.4. The fourth-order valence-corrected chi connectivity index (χ4v) is 5.14. The Morgan fingerprint density at radius 3 is 2.19 bits per heavy atom. The Hall–Kier alpha value is -2.29. The number of anilines is 1. The second-order valence-corrected chi connectivity index (χ2v) is 11.9. The molecular formula is C26H35Cl2N3O4S. The first-order valence-electron chi connectivity index (χ1n) is 11.9. The minimum absolute atomic E-state index is 0.0741. The van der Waals surface area contributed by atoms with Crippen LogP contribution in [0.25, 0.3) is 0 Å². The van der Waals surface area contributed by atoms with E-state index in [1.807, 2.05) is 39.8 Å². The second kappa shape index (κ2) is 13.3. The smallest absolute Gasteiger partial charge is 0.243 e. The number of halogens is 2. The standard InChI is InChI=1S/C26H35Cl2N3O4S/c1-6-24(26(33)29-18(2)3)30(17-20-11-14-22(27)23(28)16-20)25(32)8-7-15-31(36(5,34)35)21-12-9-19(4)10-13-21/h9-14,16,18,24H,6-8,15,17H2,1-5H3,(H,29,33)/t24-/m1/s1. The van der Waals surface area contributed by atoms with Crippen molar-refractivity contribution in [3.05, 3.63) is 63.6 Å². The van der Waals surface area contributed by atoms with Crippen molar-refractivity contribution in [1.82, 2.24) is 10.2 Å². The average Bonchev–Trinajstić information content (AvgIpc) is 2.78. The molecule has 1 atom stereocenters. The van der Waals surface area contributed by atoms with Gasteiger partial charge in [0.15, 0.2) is 0 Å². The first-order valence-corrected chi connectivity index (χ1v) is 14.5. The molecule has 0 aliphatic rings. The van der Waals surface area contributed by atoms with E-state index in [0.717, 1.165) is 17.4 Å². The van der Waals surface area contributed by atoms with Crippen LogP contribution in [0.4, 0.5) is 5.69 Å². The lowest BCUT2D eigenvalue weighted by Gasteiger charge is -2.31. The number of hydrogen-bond donors (Lipinski definition) is 1. The van der Waals surface area contributed by atoms with Crippen LogP contribution in [-0.4, -0.2) is 50.0 Å². The Morgan fingerprint density at radius 1 is 1.03 bits per heavy atom. The van der Waals surface area contributed by atoms with E-state index < -0.39 is 16.1 Å². The summed E-state index contributed by atoms with van der Waals surface area (Å²) in [4.78, 5) is 27.9. The number of nitrogens with one attached hydrogen (secondary N) is 1. The van der Waals surface area contributed by atoms with E-state index in [2.05, 4.69) is 5.32 Å². The zero-order valence-electron chi connectivity index (χ0n) is 21.4. The fourth-order valence-electron chi connectivity index (χ4n) is 3.85. The van der Waals surface area contributed by atoms with E-state index in [1.54, 1.807) is 30.3 Å². The SMILES string of the molecule is CC[C@H](C(=O)NC(C)C)N(Cc1ccc(Cl)c(Cl)c1)C(=O)CCCN(c1ccc(C)cc1)S(C)(=O)=O. The summed E-state index contributed by atoms with van der Waals surface area (Å²) in [7, 11) is -3.54. The van der Waals surface area contributed by atoms with Gasteiger partial charge in [-0.15, -0.1) is 0 Å². The summed E-state index contributed by atoms with van der Waals surface area (Å²) >= 11 is 12.2. The molecule has 0 saturated heterocycles. The number of nitrogens with zero attached hydrogens (tertiary/aromatic N) is 2. The minimum Gasteiger partial charge on any atom is -0.352 e. The number of rotatable bonds is 12. The summed E-state index contributed by atoms with van der Waals surface area (Å²) in [5, 5.41) is 3.65. The monoisotopic (exact) mass is 555 g/mol. The van der Waals surface area contributed by atoms with Gasteiger partial charge >= 0.3 is 0 Å². The van der Waals surface area contributed by atoms with Crippen LogP contribution in [-0.2, 0) is 26.2 Å². The number of amides is 2. The Morgan fingerprint density at radius 2 is 1.67 bits per heavy atom. The largest absolute Gasteiger partial charge is 0.352 e. The molecule has 0 bridgehead atoms. The molecule has 0 radical (unpaired) electrons. The van der Waals surface area contributed by atoms with Crippen molar-refractivity contribution in [3.63, 3.8) is 0 Å². The van der Waals surface area contributed by atoms with Gasteiger partial charge in [0.2, 0.25) is 21.8 Å². The third-order valence-corrected chi connectivity index (χ3v) is 7.56. The van der Waals surface area contributed by atoms with Crippen molar-refractivity contribution < 1.29 is 18.0 Å². The minimum atomic E-state index is -3.54. The maximum absolute atomic E-state index is 13.4. The average molecular weight is 557 g/mol. The summed E-state index contributed by atoms with van der Waals surface area (Å²) in [5.74, 6) is -0.484. The number of sulfonamides is 1. The highest BCUT2D eigenvalue weighted by molar-refractivity contribution is 7.92. The Bertz CT molecular complexity index is 1150. The van der Waals surface area contributed by atoms with Gasteiger partial charge in [-0.3, -0.25) is 13.9 Å². The highest BCUT2D eigenvalue weighted by atomic mass is 35.5. The molecule has 36 heavy (non-hydrogen) atoms. The van der Waals surface area contributed by atoms with Crippen molar-refractivity contribution in [3.8, 4) is 0 Å². The lowest BCUT2D eigenvalue weighted by Crippen LogP contribution is -2.50. The maximum Gasteiger partial charge on any atom is 0.243 e. The zero-order chi connectivity index (χ0) is 27.0. The van der Waals surface area contributed by atoms with Crippen molar-refractivity contribution in [2.24, 2.45) is 0 Å². The molecule has 7 nitrogen and oxygen atoms in total. The van der Waals surface area contributed by atoms with Crippen LogP contribution >= 0.6 is 23.2 Å². The molecule has 0 fully saturated rings. The van der Waals surface area contributed by atoms with Crippen LogP contribution < -0.4 is 9.62 Å². The van der Waals surface area contributed by atoms with Gasteiger partial charge in [0.05, 0.1) is 22.0 Å². The van der Waals surface area contributed by atoms with Gasteiger partial charge in [-0.1, -0.05) is 53.9 Å². The third kappa shape index (κ3) is 8.68. The quantitative estimate of drug-likeness (QED) is 0.391. The van der Waals surface area contributed by atoms with Gasteiger partial charge < -0.3 is 10.2 Å². The third-order valence-electron chi connectivity index (χ3n) is 5.63. The van der Waals surface area contributed by atoms with Crippen LogP contribution in [0.2, 0.25) is 10.0 Å². The molecule has 2 aromatic carbocycles. The molecule has 10 heteroatoms. The van der Waals surface area contributed by atoms with Crippen LogP contribution in [0.5, 0.6) is 0 Å². The molecule has 0 aliphatic carbocycles. The summed E-state index contributed by atoms with van der Waals surface area (Å²) in [6.45, 7) is 7.82. The van der Waals surface area contributed by atoms with Crippen molar-refractivity contribution in [2.75, 3.05) is 17.1 Å². The molecule has 2 amide bonds. The highest BCUT2D eigenvalue weighted by Crippen LogP contribution is 2.25. The van der Waals surface area contributed by atoms with Crippen LogP contribution in [0.3, 0.4) is 0 Å². The Balaban J connectivity index is 2.23. The lowest BCUT2D eigenvalue weighted by atomic mass is 10.1. The van der Waals surface area contributed by atoms with Gasteiger partial charge in [0.25, 0.3) is 0 Å². The lowest BCUT2D eigenvalue weighted by molar-refractivity contribution is -0.141. The predicted molar refractivity (Wildman–Crippen MR) is 147 cm³/mol. The molecule has 0 aromatic heterocycles. The predicted octanol–water partition coefficient (Wildman–Crippen LogP) is 5.18. The van der Waals surface area contributed by atoms with Gasteiger partial charge in [-0.25, -0.2) is 8.42 Å². The van der Waals surface area contributed by atoms with Crippen LogP contribution in [0, 0.1) is 6.92 Å². The number of benzene rings is 2. The summed E-state index contributed by atoms with van der Waals surface area (Å²) < 4.78 is 26.2. The number of carbonyl (C=O) groups is 2. The van der Waals surface area contributed by atoms with Gasteiger partial charge in [-0.2, -0.15) is 0 Å². The number of aryl methyl sites for hydroxylation is 1. The van der Waals surface area contributed by atoms with E-state index in [4.69, 9.17) is 23.2 Å². The van der Waals surface area contributed by atoms with Crippen LogP contribution in [0.1, 0.15) is 51.2 Å². The second-order valence-electron chi connectivity index (χ2n) is 9.13. The molecule has 0 saturated carbocycles. The van der Waals surface area contributed by atoms with Crippen molar-refractivity contribution in [2.45, 2.75) is 65.6 Å². The first kappa shape index (κ1) is 29.9. The molecule has 1 N–H and O–H groups in total. The van der Waals surface area contributed by atoms with Gasteiger partial charge in [0.1, 0.15) is 6.04 Å². The normalized spacial score (nSPS) is 12.3. The van der Waals surface area contributed by atoms with Crippen molar-refractivity contribution >= 4 is 50.7 Å². The summed E-state index contributed by atoms with van der Waals surface area (Å²) in [5.41, 5.74) is 2.31. The first-order chi connectivity index (χ1) is 16.8. The highest BCUT2D eigenvalue weighted by Gasteiger charge is 2.29. The number of hydrogen-bond acceptors (Lipinski definition) is 4. The number of carbonyl (C=O) groups excluding carboxylic acids is 2. The molecule has 0 heterocycles. The van der Waals surface area contributed by atoms with Gasteiger partial charge in [-0.05, 0) is 63.4 Å².